The predicted molar refractivity (Wildman–Crippen MR) is 130 cm³/mol. The third kappa shape index (κ3) is 3.95. The van der Waals surface area contributed by atoms with Crippen molar-refractivity contribution in [2.75, 3.05) is 0 Å². The summed E-state index contributed by atoms with van der Waals surface area (Å²) in [7, 11) is 0. The Kier molecular flexibility index (Phi) is 5.91. The molecule has 2 fully saturated rings. The molecule has 0 unspecified atom stereocenters. The van der Waals surface area contributed by atoms with Crippen LogP contribution in [-0.4, -0.2) is 25.6 Å². The van der Waals surface area contributed by atoms with Crippen molar-refractivity contribution in [2.24, 2.45) is 0 Å². The minimum atomic E-state index is -0.0321. The SMILES string of the molecule is S=C1N[C@H](c2ccccn2)[C@H](c2cccn2-c2ccc(Cl)cc2Cl)N1C1CCCCC1. The van der Waals surface area contributed by atoms with Crippen LogP contribution in [-0.2, 0) is 0 Å². The molecule has 1 N–H and O–H groups in total. The van der Waals surface area contributed by atoms with Gasteiger partial charge in [0.1, 0.15) is 0 Å². The molecule has 4 nitrogen and oxygen atoms in total. The van der Waals surface area contributed by atoms with Crippen molar-refractivity contribution >= 4 is 40.5 Å². The molecule has 3 heterocycles. The number of benzene rings is 1. The van der Waals surface area contributed by atoms with E-state index in [0.717, 1.165) is 35.0 Å². The Balaban J connectivity index is 1.62. The lowest BCUT2D eigenvalue weighted by Gasteiger charge is -2.37. The van der Waals surface area contributed by atoms with E-state index in [0.29, 0.717) is 16.1 Å². The normalized spacial score (nSPS) is 22.0. The average Bonchev–Trinajstić information content (AvgIpc) is 3.39. The van der Waals surface area contributed by atoms with Crippen molar-refractivity contribution < 1.29 is 0 Å². The molecule has 0 bridgehead atoms. The summed E-state index contributed by atoms with van der Waals surface area (Å²) in [5.74, 6) is 0. The Hall–Kier alpha value is -2.08. The molecule has 160 valence electrons. The van der Waals surface area contributed by atoms with E-state index in [1.807, 2.05) is 30.5 Å². The van der Waals surface area contributed by atoms with E-state index < -0.39 is 0 Å². The number of nitrogens with one attached hydrogen (secondary N) is 1. The van der Waals surface area contributed by atoms with Gasteiger partial charge in [-0.3, -0.25) is 4.98 Å². The van der Waals surface area contributed by atoms with Crippen LogP contribution in [0.5, 0.6) is 0 Å². The quantitative estimate of drug-likeness (QED) is 0.442. The minimum Gasteiger partial charge on any atom is -0.352 e. The van der Waals surface area contributed by atoms with Gasteiger partial charge in [-0.2, -0.15) is 0 Å². The van der Waals surface area contributed by atoms with E-state index in [4.69, 9.17) is 35.4 Å². The summed E-state index contributed by atoms with van der Waals surface area (Å²) in [5.41, 5.74) is 3.04. The first-order valence-electron chi connectivity index (χ1n) is 10.8. The Labute approximate surface area is 198 Å². The number of halogens is 2. The Morgan fingerprint density at radius 1 is 1.00 bits per heavy atom. The van der Waals surface area contributed by atoms with Crippen LogP contribution in [0.2, 0.25) is 10.0 Å². The van der Waals surface area contributed by atoms with Crippen LogP contribution < -0.4 is 5.32 Å². The third-order valence-electron chi connectivity index (χ3n) is 6.36. The molecule has 0 spiro atoms. The highest BCUT2D eigenvalue weighted by molar-refractivity contribution is 7.80. The summed E-state index contributed by atoms with van der Waals surface area (Å²) in [6.07, 6.45) is 10.0. The zero-order valence-electron chi connectivity index (χ0n) is 17.0. The lowest BCUT2D eigenvalue weighted by atomic mass is 9.92. The smallest absolute Gasteiger partial charge is 0.170 e. The van der Waals surface area contributed by atoms with E-state index in [9.17, 15) is 0 Å². The molecule has 1 aliphatic heterocycles. The van der Waals surface area contributed by atoms with Crippen LogP contribution in [0.15, 0.2) is 60.9 Å². The van der Waals surface area contributed by atoms with E-state index in [1.165, 1.54) is 19.3 Å². The summed E-state index contributed by atoms with van der Waals surface area (Å²) in [6, 6.07) is 16.3. The van der Waals surface area contributed by atoms with Crippen LogP contribution >= 0.6 is 35.4 Å². The van der Waals surface area contributed by atoms with E-state index in [-0.39, 0.29) is 12.1 Å². The molecular formula is C24H24Cl2N4S. The summed E-state index contributed by atoms with van der Waals surface area (Å²) >= 11 is 18.6. The van der Waals surface area contributed by atoms with Crippen molar-refractivity contribution in [1.82, 2.24) is 19.8 Å². The van der Waals surface area contributed by atoms with E-state index in [2.05, 4.69) is 44.2 Å². The van der Waals surface area contributed by atoms with Crippen LogP contribution in [0.4, 0.5) is 0 Å². The summed E-state index contributed by atoms with van der Waals surface area (Å²) in [5, 5.41) is 5.64. The first-order chi connectivity index (χ1) is 15.1. The van der Waals surface area contributed by atoms with Gasteiger partial charge in [0.2, 0.25) is 0 Å². The number of aromatic nitrogens is 2. The van der Waals surface area contributed by atoms with Crippen LogP contribution in [0.1, 0.15) is 55.6 Å². The van der Waals surface area contributed by atoms with Crippen molar-refractivity contribution in [1.29, 1.82) is 0 Å². The van der Waals surface area contributed by atoms with Crippen LogP contribution in [0.25, 0.3) is 5.69 Å². The summed E-state index contributed by atoms with van der Waals surface area (Å²) in [6.45, 7) is 0. The molecular weight excluding hydrogens is 447 g/mol. The molecule has 7 heteroatoms. The van der Waals surface area contributed by atoms with Crippen LogP contribution in [0, 0.1) is 0 Å². The number of nitrogens with zero attached hydrogens (tertiary/aromatic N) is 3. The van der Waals surface area contributed by atoms with Crippen LogP contribution in [0.3, 0.4) is 0 Å². The van der Waals surface area contributed by atoms with Gasteiger partial charge in [0.05, 0.1) is 28.5 Å². The second-order valence-electron chi connectivity index (χ2n) is 8.22. The Morgan fingerprint density at radius 3 is 2.58 bits per heavy atom. The third-order valence-corrected chi connectivity index (χ3v) is 7.22. The highest BCUT2D eigenvalue weighted by Crippen LogP contribution is 2.43. The van der Waals surface area contributed by atoms with Gasteiger partial charge in [-0.15, -0.1) is 0 Å². The van der Waals surface area contributed by atoms with Crippen molar-refractivity contribution in [2.45, 2.75) is 50.2 Å². The van der Waals surface area contributed by atoms with Gasteiger partial charge in [0.15, 0.2) is 5.11 Å². The minimum absolute atomic E-state index is 0.0206. The molecule has 1 saturated carbocycles. The molecule has 5 rings (SSSR count). The molecule has 0 radical (unpaired) electrons. The first-order valence-corrected chi connectivity index (χ1v) is 11.9. The summed E-state index contributed by atoms with van der Waals surface area (Å²) in [4.78, 5) is 7.09. The largest absolute Gasteiger partial charge is 0.352 e. The molecule has 1 aromatic carbocycles. The number of thiocarbonyl (C=S) groups is 1. The standard InChI is InChI=1S/C24H24Cl2N4S/c25-16-11-12-20(18(26)15-16)29-14-6-10-21(29)23-22(19-9-4-5-13-27-19)28-24(31)30(23)17-7-2-1-3-8-17/h4-6,9-15,17,22-23H,1-3,7-8H2,(H,28,31)/t22-,23+/m1/s1. The average molecular weight is 471 g/mol. The molecule has 2 atom stereocenters. The molecule has 1 saturated heterocycles. The second-order valence-corrected chi connectivity index (χ2v) is 9.45. The number of rotatable bonds is 4. The fraction of sp³-hybridized carbons (Fsp3) is 0.333. The van der Waals surface area contributed by atoms with Gasteiger partial charge >= 0.3 is 0 Å². The maximum atomic E-state index is 6.59. The zero-order chi connectivity index (χ0) is 21.4. The highest BCUT2D eigenvalue weighted by atomic mass is 35.5. The van der Waals surface area contributed by atoms with Gasteiger partial charge in [-0.1, -0.05) is 48.5 Å². The van der Waals surface area contributed by atoms with E-state index >= 15 is 0 Å². The molecule has 0 amide bonds. The van der Waals surface area contributed by atoms with E-state index in [1.54, 1.807) is 6.07 Å². The monoisotopic (exact) mass is 470 g/mol. The fourth-order valence-corrected chi connectivity index (χ4v) is 5.85. The Morgan fingerprint density at radius 2 is 1.84 bits per heavy atom. The predicted octanol–water partition coefficient (Wildman–Crippen LogP) is 6.48. The maximum Gasteiger partial charge on any atom is 0.170 e. The second kappa shape index (κ2) is 8.81. The highest BCUT2D eigenvalue weighted by Gasteiger charge is 2.44. The number of pyridine rings is 1. The summed E-state index contributed by atoms with van der Waals surface area (Å²) < 4.78 is 2.16. The Bertz CT molecular complexity index is 1080. The molecule has 2 aromatic heterocycles. The van der Waals surface area contributed by atoms with Gasteiger partial charge in [-0.25, -0.2) is 0 Å². The van der Waals surface area contributed by atoms with Crippen molar-refractivity contribution in [3.8, 4) is 5.69 Å². The molecule has 1 aliphatic carbocycles. The zero-order valence-corrected chi connectivity index (χ0v) is 19.4. The van der Waals surface area contributed by atoms with Gasteiger partial charge < -0.3 is 14.8 Å². The topological polar surface area (TPSA) is 33.1 Å². The molecule has 3 aromatic rings. The number of hydrogen-bond donors (Lipinski definition) is 1. The van der Waals surface area contributed by atoms with Gasteiger partial charge in [-0.05, 0) is 67.5 Å². The lowest BCUT2D eigenvalue weighted by molar-refractivity contribution is 0.193. The van der Waals surface area contributed by atoms with Crippen molar-refractivity contribution in [3.05, 3.63) is 82.4 Å². The maximum absolute atomic E-state index is 6.59. The first kappa shape index (κ1) is 20.8. The number of hydrogen-bond acceptors (Lipinski definition) is 2. The lowest BCUT2D eigenvalue weighted by Crippen LogP contribution is -2.40. The molecule has 2 aliphatic rings. The molecule has 31 heavy (non-hydrogen) atoms. The van der Waals surface area contributed by atoms with Gasteiger partial charge in [0, 0.05) is 29.2 Å². The van der Waals surface area contributed by atoms with Crippen molar-refractivity contribution in [3.63, 3.8) is 0 Å². The van der Waals surface area contributed by atoms with Gasteiger partial charge in [0.25, 0.3) is 0 Å². The fourth-order valence-electron chi connectivity index (χ4n) is 4.97.